The first-order valence-electron chi connectivity index (χ1n) is 15.9. The zero-order chi connectivity index (χ0) is 32.8. The second-order valence-electron chi connectivity index (χ2n) is 11.3. The average molecular weight is 631 g/mol. The molecule has 0 heterocycles. The van der Waals surface area contributed by atoms with Gasteiger partial charge in [-0.2, -0.15) is 0 Å². The molecule has 5 rings (SSSR count). The highest BCUT2D eigenvalue weighted by molar-refractivity contribution is 5.92. The molecule has 0 fully saturated rings. The minimum Gasteiger partial charge on any atom is -0.494 e. The molecule has 7 nitrogen and oxygen atoms in total. The van der Waals surface area contributed by atoms with E-state index in [4.69, 9.17) is 14.2 Å². The lowest BCUT2D eigenvalue weighted by Gasteiger charge is -2.26. The number of methoxy groups -OCH3 is 1. The van der Waals surface area contributed by atoms with Crippen molar-refractivity contribution in [3.05, 3.63) is 155 Å². The maximum Gasteiger partial charge on any atom is 0.341 e. The highest BCUT2D eigenvalue weighted by Gasteiger charge is 2.20. The van der Waals surface area contributed by atoms with Gasteiger partial charge >= 0.3 is 5.97 Å². The molecular weight excluding hydrogens is 588 g/mol. The van der Waals surface area contributed by atoms with Crippen LogP contribution in [0.1, 0.15) is 45.6 Å². The van der Waals surface area contributed by atoms with E-state index in [1.165, 1.54) is 12.7 Å². The summed E-state index contributed by atoms with van der Waals surface area (Å²) in [6.45, 7) is 4.73. The quantitative estimate of drug-likeness (QED) is 0.107. The molecule has 47 heavy (non-hydrogen) atoms. The number of hydrogen-bond donors (Lipinski definition) is 2. The number of hydrogen-bond acceptors (Lipinski definition) is 7. The average Bonchev–Trinajstić information content (AvgIpc) is 3.11. The van der Waals surface area contributed by atoms with Crippen LogP contribution in [0.3, 0.4) is 0 Å². The van der Waals surface area contributed by atoms with Crippen molar-refractivity contribution in [3.63, 3.8) is 0 Å². The molecule has 0 saturated heterocycles. The summed E-state index contributed by atoms with van der Waals surface area (Å²) in [7, 11) is 1.34. The van der Waals surface area contributed by atoms with Crippen LogP contribution >= 0.6 is 0 Å². The summed E-state index contributed by atoms with van der Waals surface area (Å²) in [5.41, 5.74) is 6.26. The topological polar surface area (TPSA) is 80.3 Å². The van der Waals surface area contributed by atoms with Gasteiger partial charge in [-0.15, -0.1) is 0 Å². The number of nitrogens with one attached hydrogen (secondary N) is 1. The molecule has 0 spiro atoms. The van der Waals surface area contributed by atoms with Gasteiger partial charge in [0, 0.05) is 31.0 Å². The lowest BCUT2D eigenvalue weighted by atomic mass is 10.0. The Labute approximate surface area is 277 Å². The number of carbonyl (C=O) groups excluding carboxylic acids is 1. The Kier molecular flexibility index (Phi) is 12.0. The van der Waals surface area contributed by atoms with E-state index < -0.39 is 12.1 Å². The third kappa shape index (κ3) is 9.94. The van der Waals surface area contributed by atoms with Gasteiger partial charge in [-0.25, -0.2) is 4.79 Å². The molecule has 0 aliphatic carbocycles. The summed E-state index contributed by atoms with van der Waals surface area (Å²) in [5, 5.41) is 14.9. The minimum atomic E-state index is -0.828. The molecule has 0 bridgehead atoms. The van der Waals surface area contributed by atoms with Crippen molar-refractivity contribution in [2.24, 2.45) is 0 Å². The predicted molar refractivity (Wildman–Crippen MR) is 186 cm³/mol. The van der Waals surface area contributed by atoms with Crippen molar-refractivity contribution in [1.82, 2.24) is 4.90 Å². The zero-order valence-electron chi connectivity index (χ0n) is 27.0. The van der Waals surface area contributed by atoms with Gasteiger partial charge in [-0.3, -0.25) is 4.90 Å². The molecule has 0 aliphatic rings. The van der Waals surface area contributed by atoms with Crippen LogP contribution in [0.25, 0.3) is 0 Å². The van der Waals surface area contributed by atoms with Crippen molar-refractivity contribution < 1.29 is 24.1 Å². The van der Waals surface area contributed by atoms with Crippen LogP contribution in [-0.2, 0) is 24.3 Å². The Bertz CT molecular complexity index is 1680. The van der Waals surface area contributed by atoms with Gasteiger partial charge < -0.3 is 24.6 Å². The first-order chi connectivity index (χ1) is 23.0. The third-order valence-electron chi connectivity index (χ3n) is 7.84. The van der Waals surface area contributed by atoms with Gasteiger partial charge in [-0.1, -0.05) is 78.9 Å². The number of rotatable bonds is 16. The molecule has 7 heteroatoms. The number of aliphatic hydroxyl groups is 1. The summed E-state index contributed by atoms with van der Waals surface area (Å²) in [5.74, 6) is 0.759. The number of ether oxygens (including phenoxy) is 3. The van der Waals surface area contributed by atoms with Crippen molar-refractivity contribution in [3.8, 4) is 11.5 Å². The Morgan fingerprint density at radius 3 is 2.04 bits per heavy atom. The number of aliphatic hydroxyl groups excluding tert-OH is 1. The molecule has 5 aromatic carbocycles. The fourth-order valence-electron chi connectivity index (χ4n) is 5.32. The van der Waals surface area contributed by atoms with E-state index in [2.05, 4.69) is 46.6 Å². The predicted octanol–water partition coefficient (Wildman–Crippen LogP) is 7.97. The van der Waals surface area contributed by atoms with E-state index in [-0.39, 0.29) is 5.56 Å². The van der Waals surface area contributed by atoms with Crippen LogP contribution in [0.5, 0.6) is 11.5 Å². The lowest BCUT2D eigenvalue weighted by Crippen LogP contribution is -2.30. The molecular formula is C40H42N2O5. The summed E-state index contributed by atoms with van der Waals surface area (Å²) < 4.78 is 16.6. The maximum atomic E-state index is 12.7. The molecule has 1 unspecified atom stereocenters. The van der Waals surface area contributed by atoms with Crippen LogP contribution in [0.2, 0.25) is 0 Å². The molecule has 5 aromatic rings. The van der Waals surface area contributed by atoms with E-state index in [0.717, 1.165) is 41.2 Å². The van der Waals surface area contributed by atoms with Gasteiger partial charge in [0.15, 0.2) is 0 Å². The summed E-state index contributed by atoms with van der Waals surface area (Å²) >= 11 is 0. The highest BCUT2D eigenvalue weighted by Crippen LogP contribution is 2.27. The second kappa shape index (κ2) is 17.0. The fraction of sp³-hybridized carbons (Fsp3) is 0.225. The molecule has 0 aliphatic heterocycles. The fourth-order valence-corrected chi connectivity index (χ4v) is 5.32. The van der Waals surface area contributed by atoms with Crippen LogP contribution < -0.4 is 14.8 Å². The van der Waals surface area contributed by atoms with Crippen molar-refractivity contribution >= 4 is 17.3 Å². The third-order valence-corrected chi connectivity index (χ3v) is 7.84. The number of benzene rings is 5. The van der Waals surface area contributed by atoms with Crippen LogP contribution in [-0.4, -0.2) is 42.8 Å². The molecule has 242 valence electrons. The van der Waals surface area contributed by atoms with E-state index >= 15 is 0 Å². The van der Waals surface area contributed by atoms with E-state index in [9.17, 15) is 9.90 Å². The van der Waals surface area contributed by atoms with Crippen molar-refractivity contribution in [1.29, 1.82) is 0 Å². The van der Waals surface area contributed by atoms with Gasteiger partial charge in [0.05, 0.1) is 19.8 Å². The van der Waals surface area contributed by atoms with Gasteiger partial charge in [0.1, 0.15) is 23.7 Å². The SMILES string of the molecule is CCOc1ccc(Nc2ccc(CCN(Cc3ccccc3)CC(O)c3ccc(OCc4ccccc4)c(C(=O)OC)c3)cc2)cc1. The molecule has 0 amide bonds. The summed E-state index contributed by atoms with van der Waals surface area (Å²) in [4.78, 5) is 14.9. The van der Waals surface area contributed by atoms with Gasteiger partial charge in [0.2, 0.25) is 0 Å². The Morgan fingerprint density at radius 1 is 0.766 bits per heavy atom. The van der Waals surface area contributed by atoms with Crippen molar-refractivity contribution in [2.45, 2.75) is 32.6 Å². The summed E-state index contributed by atoms with van der Waals surface area (Å²) in [6, 6.07) is 41.6. The normalized spacial score (nSPS) is 11.6. The minimum absolute atomic E-state index is 0.286. The van der Waals surface area contributed by atoms with E-state index in [1.54, 1.807) is 12.1 Å². The molecule has 0 saturated carbocycles. The monoisotopic (exact) mass is 630 g/mol. The van der Waals surface area contributed by atoms with Crippen molar-refractivity contribution in [2.75, 3.05) is 32.1 Å². The van der Waals surface area contributed by atoms with Gasteiger partial charge in [0.25, 0.3) is 0 Å². The number of esters is 1. The maximum absolute atomic E-state index is 12.7. The van der Waals surface area contributed by atoms with E-state index in [1.807, 2.05) is 85.8 Å². The Morgan fingerprint density at radius 2 is 1.40 bits per heavy atom. The van der Waals surface area contributed by atoms with Crippen LogP contribution in [0.4, 0.5) is 11.4 Å². The van der Waals surface area contributed by atoms with E-state index in [0.29, 0.717) is 37.6 Å². The zero-order valence-corrected chi connectivity index (χ0v) is 27.0. The molecule has 0 aromatic heterocycles. The number of carbonyl (C=O) groups is 1. The smallest absolute Gasteiger partial charge is 0.341 e. The number of anilines is 2. The highest BCUT2D eigenvalue weighted by atomic mass is 16.5. The second-order valence-corrected chi connectivity index (χ2v) is 11.3. The molecule has 1 atom stereocenters. The largest absolute Gasteiger partial charge is 0.494 e. The standard InChI is InChI=1S/C40H42N2O5/c1-3-46-36-21-19-35(20-22-36)41-34-17-14-30(15-18-34)24-25-42(27-31-10-6-4-7-11-31)28-38(43)33-16-23-39(37(26-33)40(44)45-2)47-29-32-12-8-5-9-13-32/h4-23,26,38,41,43H,3,24-25,27-29H2,1-2H3. The van der Waals surface area contributed by atoms with Crippen LogP contribution in [0, 0.1) is 0 Å². The molecule has 2 N–H and O–H groups in total. The summed E-state index contributed by atoms with van der Waals surface area (Å²) in [6.07, 6.45) is -0.0197. The lowest BCUT2D eigenvalue weighted by molar-refractivity contribution is 0.0594. The Balaban J connectivity index is 1.25. The molecule has 0 radical (unpaired) electrons. The first-order valence-corrected chi connectivity index (χ1v) is 15.9. The first kappa shape index (κ1) is 33.3. The Hall–Kier alpha value is -5.11. The van der Waals surface area contributed by atoms with Gasteiger partial charge in [-0.05, 0) is 84.1 Å². The van der Waals surface area contributed by atoms with Crippen LogP contribution in [0.15, 0.2) is 127 Å². The number of nitrogens with zero attached hydrogens (tertiary/aromatic N) is 1.